The van der Waals surface area contributed by atoms with Gasteiger partial charge in [-0.3, -0.25) is 4.79 Å². The largest absolute Gasteiger partial charge is 0.395 e. The lowest BCUT2D eigenvalue weighted by molar-refractivity contribution is 0.0540. The minimum Gasteiger partial charge on any atom is -0.395 e. The molecule has 1 aromatic carbocycles. The second kappa shape index (κ2) is 7.58. The summed E-state index contributed by atoms with van der Waals surface area (Å²) in [6, 6.07) is 5.40. The van der Waals surface area contributed by atoms with Gasteiger partial charge < -0.3 is 14.9 Å². The second-order valence-corrected chi connectivity index (χ2v) is 6.65. The molecule has 1 aromatic rings. The van der Waals surface area contributed by atoms with Crippen LogP contribution in [0.2, 0.25) is 5.02 Å². The molecule has 0 aromatic heterocycles. The van der Waals surface area contributed by atoms with Gasteiger partial charge in [0.15, 0.2) is 0 Å². The van der Waals surface area contributed by atoms with Crippen LogP contribution in [-0.2, 0) is 0 Å². The van der Waals surface area contributed by atoms with Crippen LogP contribution in [0.5, 0.6) is 0 Å². The van der Waals surface area contributed by atoms with Crippen LogP contribution < -0.4 is 0 Å². The molecule has 0 bridgehead atoms. The summed E-state index contributed by atoms with van der Waals surface area (Å²) in [4.78, 5) is 16.7. The summed E-state index contributed by atoms with van der Waals surface area (Å²) in [7, 11) is 2.09. The number of halogens is 2. The van der Waals surface area contributed by atoms with Crippen LogP contribution in [0.4, 0.5) is 0 Å². The minimum atomic E-state index is -0.0620. The number of piperidine rings is 1. The van der Waals surface area contributed by atoms with Crippen molar-refractivity contribution in [1.82, 2.24) is 9.80 Å². The summed E-state index contributed by atoms with van der Waals surface area (Å²) >= 11 is 9.40. The molecule has 0 spiro atoms. The van der Waals surface area contributed by atoms with E-state index in [0.29, 0.717) is 17.1 Å². The average Bonchev–Trinajstić information content (AvgIpc) is 2.48. The Bertz CT molecular complexity index is 504. The first-order chi connectivity index (χ1) is 10.0. The quantitative estimate of drug-likeness (QED) is 0.880. The maximum atomic E-state index is 12.7. The molecule has 1 saturated heterocycles. The van der Waals surface area contributed by atoms with Crippen LogP contribution in [0.15, 0.2) is 22.7 Å². The molecule has 0 radical (unpaired) electrons. The van der Waals surface area contributed by atoms with E-state index in [9.17, 15) is 9.90 Å². The SMILES string of the molecule is CN1CCC(N(CCO)C(=O)c2ccc(Br)c(Cl)c2)CC1. The van der Waals surface area contributed by atoms with Crippen LogP contribution in [-0.4, -0.2) is 60.1 Å². The molecular weight excluding hydrogens is 356 g/mol. The Hall–Kier alpha value is -0.620. The van der Waals surface area contributed by atoms with Crippen LogP contribution in [0.25, 0.3) is 0 Å². The zero-order valence-corrected chi connectivity index (χ0v) is 14.4. The summed E-state index contributed by atoms with van der Waals surface area (Å²) < 4.78 is 0.772. The van der Waals surface area contributed by atoms with E-state index in [0.717, 1.165) is 30.4 Å². The highest BCUT2D eigenvalue weighted by Crippen LogP contribution is 2.25. The van der Waals surface area contributed by atoms with Crippen LogP contribution in [0, 0.1) is 0 Å². The lowest BCUT2D eigenvalue weighted by Gasteiger charge is -2.37. The molecule has 0 atom stereocenters. The van der Waals surface area contributed by atoms with Crippen LogP contribution in [0.3, 0.4) is 0 Å². The van der Waals surface area contributed by atoms with Gasteiger partial charge in [-0.1, -0.05) is 11.6 Å². The van der Waals surface area contributed by atoms with Crippen molar-refractivity contribution in [2.45, 2.75) is 18.9 Å². The summed E-state index contributed by atoms with van der Waals surface area (Å²) in [6.07, 6.45) is 1.87. The first kappa shape index (κ1) is 16.7. The Balaban J connectivity index is 2.16. The Morgan fingerprint density at radius 3 is 2.71 bits per heavy atom. The van der Waals surface area contributed by atoms with Crippen LogP contribution in [0.1, 0.15) is 23.2 Å². The van der Waals surface area contributed by atoms with E-state index in [-0.39, 0.29) is 18.6 Å². The molecule has 0 saturated carbocycles. The molecule has 1 heterocycles. The van der Waals surface area contributed by atoms with Crippen molar-refractivity contribution in [3.8, 4) is 0 Å². The Morgan fingerprint density at radius 2 is 2.14 bits per heavy atom. The van der Waals surface area contributed by atoms with E-state index >= 15 is 0 Å². The third-order valence-electron chi connectivity index (χ3n) is 3.90. The van der Waals surface area contributed by atoms with Crippen molar-refractivity contribution in [2.75, 3.05) is 33.3 Å². The molecule has 1 aliphatic heterocycles. The molecule has 4 nitrogen and oxygen atoms in total. The average molecular weight is 376 g/mol. The Morgan fingerprint density at radius 1 is 1.48 bits per heavy atom. The van der Waals surface area contributed by atoms with Crippen LogP contribution >= 0.6 is 27.5 Å². The second-order valence-electron chi connectivity index (χ2n) is 5.39. The number of benzene rings is 1. The van der Waals surface area contributed by atoms with E-state index < -0.39 is 0 Å². The van der Waals surface area contributed by atoms with Gasteiger partial charge in [0.05, 0.1) is 11.6 Å². The molecule has 6 heteroatoms. The monoisotopic (exact) mass is 374 g/mol. The maximum absolute atomic E-state index is 12.7. The maximum Gasteiger partial charge on any atom is 0.254 e. The highest BCUT2D eigenvalue weighted by molar-refractivity contribution is 9.10. The van der Waals surface area contributed by atoms with Gasteiger partial charge in [-0.05, 0) is 67.1 Å². The number of aliphatic hydroxyl groups is 1. The topological polar surface area (TPSA) is 43.8 Å². The van der Waals surface area contributed by atoms with Crippen molar-refractivity contribution in [1.29, 1.82) is 0 Å². The Labute approximate surface area is 138 Å². The van der Waals surface area contributed by atoms with E-state index in [1.807, 2.05) is 0 Å². The number of hydrogen-bond donors (Lipinski definition) is 1. The summed E-state index contributed by atoms with van der Waals surface area (Å²) in [5.41, 5.74) is 0.565. The first-order valence-electron chi connectivity index (χ1n) is 7.08. The molecule has 0 unspecified atom stereocenters. The highest BCUT2D eigenvalue weighted by Gasteiger charge is 2.27. The van der Waals surface area contributed by atoms with Gasteiger partial charge in [0.2, 0.25) is 0 Å². The van der Waals surface area contributed by atoms with E-state index in [2.05, 4.69) is 27.9 Å². The van der Waals surface area contributed by atoms with Crippen molar-refractivity contribution in [3.63, 3.8) is 0 Å². The van der Waals surface area contributed by atoms with Gasteiger partial charge in [0.1, 0.15) is 0 Å². The van der Waals surface area contributed by atoms with E-state index in [1.54, 1.807) is 23.1 Å². The molecule has 116 valence electrons. The summed E-state index contributed by atoms with van der Waals surface area (Å²) in [5.74, 6) is -0.0620. The number of rotatable bonds is 4. The number of hydrogen-bond acceptors (Lipinski definition) is 3. The molecule has 21 heavy (non-hydrogen) atoms. The van der Waals surface area contributed by atoms with Gasteiger partial charge in [0.25, 0.3) is 5.91 Å². The molecule has 2 rings (SSSR count). The van der Waals surface area contributed by atoms with Crippen molar-refractivity contribution >= 4 is 33.4 Å². The van der Waals surface area contributed by atoms with E-state index in [4.69, 9.17) is 11.6 Å². The van der Waals surface area contributed by atoms with Crippen molar-refractivity contribution < 1.29 is 9.90 Å². The number of likely N-dealkylation sites (tertiary alicyclic amines) is 1. The third-order valence-corrected chi connectivity index (χ3v) is 5.13. The zero-order valence-electron chi connectivity index (χ0n) is 12.1. The highest BCUT2D eigenvalue weighted by atomic mass is 79.9. The number of amides is 1. The summed E-state index contributed by atoms with van der Waals surface area (Å²) in [5, 5.41) is 9.80. The fourth-order valence-corrected chi connectivity index (χ4v) is 3.09. The van der Waals surface area contributed by atoms with Gasteiger partial charge in [-0.25, -0.2) is 0 Å². The lowest BCUT2D eigenvalue weighted by atomic mass is 10.0. The molecule has 1 aliphatic rings. The molecule has 0 aliphatic carbocycles. The van der Waals surface area contributed by atoms with E-state index in [1.165, 1.54) is 0 Å². The first-order valence-corrected chi connectivity index (χ1v) is 8.25. The fourth-order valence-electron chi connectivity index (χ4n) is 2.66. The van der Waals surface area contributed by atoms with Crippen molar-refractivity contribution in [3.05, 3.63) is 33.3 Å². The number of carbonyl (C=O) groups excluding carboxylic acids is 1. The van der Waals surface area contributed by atoms with Gasteiger partial charge in [-0.15, -0.1) is 0 Å². The smallest absolute Gasteiger partial charge is 0.254 e. The molecule has 1 amide bonds. The Kier molecular flexibility index (Phi) is 6.05. The van der Waals surface area contributed by atoms with Gasteiger partial charge >= 0.3 is 0 Å². The van der Waals surface area contributed by atoms with Crippen molar-refractivity contribution in [2.24, 2.45) is 0 Å². The predicted octanol–water partition coefficient (Wildman–Crippen LogP) is 2.63. The lowest BCUT2D eigenvalue weighted by Crippen LogP contribution is -2.47. The summed E-state index contributed by atoms with van der Waals surface area (Å²) in [6.45, 7) is 2.28. The zero-order chi connectivity index (χ0) is 15.4. The molecular formula is C15H20BrClN2O2. The minimum absolute atomic E-state index is 0.0255. The van der Waals surface area contributed by atoms with Gasteiger partial charge in [-0.2, -0.15) is 0 Å². The molecule has 1 fully saturated rings. The standard InChI is InChI=1S/C15H20BrClN2O2/c1-18-6-4-12(5-7-18)19(8-9-20)15(21)11-2-3-13(16)14(17)10-11/h2-3,10,12,20H,4-9H2,1H3. The fraction of sp³-hybridized carbons (Fsp3) is 0.533. The normalized spacial score (nSPS) is 17.0. The number of nitrogens with zero attached hydrogens (tertiary/aromatic N) is 2. The molecule has 1 N–H and O–H groups in total. The predicted molar refractivity (Wildman–Crippen MR) is 87.8 cm³/mol. The third kappa shape index (κ3) is 4.19. The number of carbonyl (C=O) groups is 1. The number of aliphatic hydroxyl groups excluding tert-OH is 1. The van der Waals surface area contributed by atoms with Gasteiger partial charge in [0, 0.05) is 22.6 Å².